The molecule has 3 heterocycles. The molecule has 2 aromatic heterocycles. The van der Waals surface area contributed by atoms with Crippen LogP contribution >= 0.6 is 0 Å². The minimum atomic E-state index is -0.275. The van der Waals surface area contributed by atoms with E-state index in [-0.39, 0.29) is 17.8 Å². The number of anilines is 3. The number of amides is 1. The number of aryl methyl sites for hydroxylation is 1. The third-order valence-corrected chi connectivity index (χ3v) is 6.09. The summed E-state index contributed by atoms with van der Waals surface area (Å²) in [6, 6.07) is 15.8. The smallest absolute Gasteiger partial charge is 0.251 e. The van der Waals surface area contributed by atoms with Gasteiger partial charge < -0.3 is 25.8 Å². The number of rotatable bonds is 7. The standard InChI is InChI=1S/C26H28FN7O/c1-34-12-10-22-23(29-15-17-5-2-7-19(27)13-17)32-26(33-24(22)34)31-20-8-3-6-18(14-20)25(35)30-21-9-4-11-28-16-21/h2-3,5-8,10,12-14,21,28H,4,9,11,15-16H2,1H3,(H,30,35)(H2,29,31,32,33). The molecule has 1 saturated heterocycles. The maximum absolute atomic E-state index is 13.6. The third kappa shape index (κ3) is 5.41. The average molecular weight is 474 g/mol. The minimum Gasteiger partial charge on any atom is -0.365 e. The molecule has 1 fully saturated rings. The Labute approximate surface area is 203 Å². The van der Waals surface area contributed by atoms with Crippen molar-refractivity contribution in [2.45, 2.75) is 25.4 Å². The molecule has 35 heavy (non-hydrogen) atoms. The molecule has 5 rings (SSSR count). The first kappa shape index (κ1) is 22.8. The Bertz CT molecular complexity index is 1350. The van der Waals surface area contributed by atoms with Crippen molar-refractivity contribution in [3.63, 3.8) is 0 Å². The molecule has 4 N–H and O–H groups in total. The maximum atomic E-state index is 13.6. The lowest BCUT2D eigenvalue weighted by molar-refractivity contribution is 0.0930. The number of halogens is 1. The van der Waals surface area contributed by atoms with E-state index in [9.17, 15) is 9.18 Å². The number of aromatic nitrogens is 3. The number of benzene rings is 2. The zero-order valence-electron chi connectivity index (χ0n) is 19.5. The zero-order valence-corrected chi connectivity index (χ0v) is 19.5. The average Bonchev–Trinajstić information content (AvgIpc) is 3.24. The molecule has 1 amide bonds. The second-order valence-corrected chi connectivity index (χ2v) is 8.77. The van der Waals surface area contributed by atoms with Gasteiger partial charge in [-0.05, 0) is 61.3 Å². The fourth-order valence-electron chi connectivity index (χ4n) is 4.27. The molecule has 8 nitrogen and oxygen atoms in total. The Morgan fingerprint density at radius 3 is 2.89 bits per heavy atom. The third-order valence-electron chi connectivity index (χ3n) is 6.09. The van der Waals surface area contributed by atoms with Crippen LogP contribution in [0, 0.1) is 5.82 Å². The summed E-state index contributed by atoms with van der Waals surface area (Å²) in [6.45, 7) is 2.21. The number of hydrogen-bond donors (Lipinski definition) is 4. The van der Waals surface area contributed by atoms with Gasteiger partial charge >= 0.3 is 0 Å². The number of piperidine rings is 1. The molecule has 0 aliphatic carbocycles. The topological polar surface area (TPSA) is 95.9 Å². The lowest BCUT2D eigenvalue weighted by Gasteiger charge is -2.23. The molecule has 0 radical (unpaired) electrons. The van der Waals surface area contributed by atoms with Crippen LogP contribution in [0.5, 0.6) is 0 Å². The monoisotopic (exact) mass is 473 g/mol. The van der Waals surface area contributed by atoms with Crippen LogP contribution in [0.25, 0.3) is 11.0 Å². The fraction of sp³-hybridized carbons (Fsp3) is 0.269. The molecule has 0 bridgehead atoms. The highest BCUT2D eigenvalue weighted by molar-refractivity contribution is 5.95. The highest BCUT2D eigenvalue weighted by atomic mass is 19.1. The zero-order chi connectivity index (χ0) is 24.2. The maximum Gasteiger partial charge on any atom is 0.251 e. The van der Waals surface area contributed by atoms with E-state index in [1.54, 1.807) is 18.2 Å². The van der Waals surface area contributed by atoms with E-state index in [0.717, 1.165) is 42.5 Å². The molecule has 2 aromatic carbocycles. The van der Waals surface area contributed by atoms with E-state index in [0.29, 0.717) is 29.6 Å². The lowest BCUT2D eigenvalue weighted by Crippen LogP contribution is -2.45. The molecular weight excluding hydrogens is 445 g/mol. The molecule has 4 aromatic rings. The van der Waals surface area contributed by atoms with Crippen molar-refractivity contribution in [3.8, 4) is 0 Å². The highest BCUT2D eigenvalue weighted by Gasteiger charge is 2.17. The molecule has 9 heteroatoms. The van der Waals surface area contributed by atoms with Gasteiger partial charge in [0.25, 0.3) is 5.91 Å². The van der Waals surface area contributed by atoms with Gasteiger partial charge in [0.15, 0.2) is 0 Å². The van der Waals surface area contributed by atoms with E-state index < -0.39 is 0 Å². The van der Waals surface area contributed by atoms with Crippen LogP contribution in [0.3, 0.4) is 0 Å². The Balaban J connectivity index is 1.35. The van der Waals surface area contributed by atoms with Crippen molar-refractivity contribution < 1.29 is 9.18 Å². The van der Waals surface area contributed by atoms with Crippen molar-refractivity contribution in [3.05, 3.63) is 77.7 Å². The van der Waals surface area contributed by atoms with Crippen molar-refractivity contribution >= 4 is 34.4 Å². The van der Waals surface area contributed by atoms with E-state index >= 15 is 0 Å². The Hall–Kier alpha value is -3.98. The van der Waals surface area contributed by atoms with Gasteiger partial charge in [-0.1, -0.05) is 18.2 Å². The molecular formula is C26H28FN7O. The number of fused-ring (bicyclic) bond motifs is 1. The van der Waals surface area contributed by atoms with E-state index in [4.69, 9.17) is 0 Å². The highest BCUT2D eigenvalue weighted by Crippen LogP contribution is 2.25. The van der Waals surface area contributed by atoms with Crippen LogP contribution < -0.4 is 21.3 Å². The first-order valence-corrected chi connectivity index (χ1v) is 11.8. The summed E-state index contributed by atoms with van der Waals surface area (Å²) in [7, 11) is 1.92. The van der Waals surface area contributed by atoms with Gasteiger partial charge in [0.05, 0.1) is 5.39 Å². The molecule has 180 valence electrons. The molecule has 1 aliphatic rings. The summed E-state index contributed by atoms with van der Waals surface area (Å²) < 4.78 is 15.5. The summed E-state index contributed by atoms with van der Waals surface area (Å²) >= 11 is 0. The van der Waals surface area contributed by atoms with Crippen LogP contribution in [0.4, 0.5) is 21.8 Å². The summed E-state index contributed by atoms with van der Waals surface area (Å²) in [6.07, 6.45) is 3.95. The summed E-state index contributed by atoms with van der Waals surface area (Å²) in [5.41, 5.74) is 2.85. The molecule has 0 saturated carbocycles. The quantitative estimate of drug-likeness (QED) is 0.325. The minimum absolute atomic E-state index is 0.0985. The number of carbonyl (C=O) groups is 1. The van der Waals surface area contributed by atoms with Gasteiger partial charge in [-0.15, -0.1) is 0 Å². The largest absolute Gasteiger partial charge is 0.365 e. The van der Waals surface area contributed by atoms with Crippen LogP contribution in [-0.4, -0.2) is 39.6 Å². The normalized spacial score (nSPS) is 15.7. The number of nitrogens with one attached hydrogen (secondary N) is 4. The van der Waals surface area contributed by atoms with Crippen molar-refractivity contribution in [2.75, 3.05) is 23.7 Å². The summed E-state index contributed by atoms with van der Waals surface area (Å²) in [4.78, 5) is 22.1. The summed E-state index contributed by atoms with van der Waals surface area (Å²) in [5.74, 6) is 0.664. The van der Waals surface area contributed by atoms with Crippen LogP contribution in [0.1, 0.15) is 28.8 Å². The first-order chi connectivity index (χ1) is 17.0. The molecule has 1 unspecified atom stereocenters. The van der Waals surface area contributed by atoms with Crippen LogP contribution in [0.2, 0.25) is 0 Å². The van der Waals surface area contributed by atoms with E-state index in [1.165, 1.54) is 12.1 Å². The van der Waals surface area contributed by atoms with Gasteiger partial charge in [0.2, 0.25) is 5.95 Å². The van der Waals surface area contributed by atoms with Gasteiger partial charge in [-0.25, -0.2) is 4.39 Å². The fourth-order valence-corrected chi connectivity index (χ4v) is 4.27. The first-order valence-electron chi connectivity index (χ1n) is 11.8. The van der Waals surface area contributed by atoms with Crippen molar-refractivity contribution in [1.82, 2.24) is 25.2 Å². The van der Waals surface area contributed by atoms with E-state index in [2.05, 4.69) is 31.2 Å². The predicted molar refractivity (Wildman–Crippen MR) is 135 cm³/mol. The Morgan fingerprint density at radius 2 is 2.06 bits per heavy atom. The number of hydrogen-bond acceptors (Lipinski definition) is 6. The van der Waals surface area contributed by atoms with Gasteiger partial charge in [-0.3, -0.25) is 4.79 Å². The molecule has 0 spiro atoms. The second kappa shape index (κ2) is 10.1. The van der Waals surface area contributed by atoms with Gasteiger partial charge in [-0.2, -0.15) is 9.97 Å². The SMILES string of the molecule is Cn1ccc2c(NCc3cccc(F)c3)nc(Nc3cccc(C(=O)NC4CCCNC4)c3)nc21. The number of nitrogens with zero attached hydrogens (tertiary/aromatic N) is 3. The van der Waals surface area contributed by atoms with Crippen LogP contribution in [-0.2, 0) is 13.6 Å². The molecule has 1 aliphatic heterocycles. The molecule has 1 atom stereocenters. The summed E-state index contributed by atoms with van der Waals surface area (Å²) in [5, 5.41) is 13.8. The van der Waals surface area contributed by atoms with Crippen molar-refractivity contribution in [2.24, 2.45) is 7.05 Å². The van der Waals surface area contributed by atoms with Gasteiger partial charge in [0, 0.05) is 43.6 Å². The van der Waals surface area contributed by atoms with Gasteiger partial charge in [0.1, 0.15) is 17.3 Å². The Morgan fingerprint density at radius 1 is 1.17 bits per heavy atom. The van der Waals surface area contributed by atoms with Crippen LogP contribution in [0.15, 0.2) is 60.8 Å². The van der Waals surface area contributed by atoms with E-state index in [1.807, 2.05) is 42.1 Å². The second-order valence-electron chi connectivity index (χ2n) is 8.77. The number of carbonyl (C=O) groups excluding carboxylic acids is 1. The Kier molecular flexibility index (Phi) is 6.58. The van der Waals surface area contributed by atoms with Crippen molar-refractivity contribution in [1.29, 1.82) is 0 Å². The predicted octanol–water partition coefficient (Wildman–Crippen LogP) is 3.94. The lowest BCUT2D eigenvalue weighted by atomic mass is 10.1.